The topological polar surface area (TPSA) is 52.6 Å². The van der Waals surface area contributed by atoms with E-state index < -0.39 is 11.9 Å². The van der Waals surface area contributed by atoms with E-state index in [1.165, 1.54) is 0 Å². The SMILES string of the molecule is C=CC(=O)Oc1ccc(C#Cc2ccc(C#Cc3ccc(OC(=O)C(=C)C)cc3)cc2)cc1. The zero-order chi connectivity index (χ0) is 23.6. The van der Waals surface area contributed by atoms with Crippen LogP contribution in [-0.4, -0.2) is 11.9 Å². The average molecular weight is 432 g/mol. The van der Waals surface area contributed by atoms with Crippen LogP contribution in [-0.2, 0) is 9.59 Å². The van der Waals surface area contributed by atoms with Crippen molar-refractivity contribution in [3.8, 4) is 35.2 Å². The van der Waals surface area contributed by atoms with Crippen LogP contribution in [0.1, 0.15) is 29.2 Å². The Hall–Kier alpha value is -4.80. The summed E-state index contributed by atoms with van der Waals surface area (Å²) in [7, 11) is 0. The lowest BCUT2D eigenvalue weighted by Gasteiger charge is -2.03. The van der Waals surface area contributed by atoms with Gasteiger partial charge >= 0.3 is 11.9 Å². The highest BCUT2D eigenvalue weighted by molar-refractivity contribution is 5.88. The molecule has 3 aromatic rings. The highest BCUT2D eigenvalue weighted by Crippen LogP contribution is 2.14. The number of ether oxygens (including phenoxy) is 2. The fourth-order valence-electron chi connectivity index (χ4n) is 2.49. The van der Waals surface area contributed by atoms with E-state index in [4.69, 9.17) is 9.47 Å². The van der Waals surface area contributed by atoms with Crippen LogP contribution >= 0.6 is 0 Å². The van der Waals surface area contributed by atoms with Gasteiger partial charge in [-0.05, 0) is 79.7 Å². The smallest absolute Gasteiger partial charge is 0.338 e. The van der Waals surface area contributed by atoms with E-state index in [1.54, 1.807) is 55.5 Å². The second-order valence-corrected chi connectivity index (χ2v) is 6.92. The molecule has 4 nitrogen and oxygen atoms in total. The second-order valence-electron chi connectivity index (χ2n) is 6.92. The van der Waals surface area contributed by atoms with E-state index in [2.05, 4.69) is 36.8 Å². The number of rotatable bonds is 4. The van der Waals surface area contributed by atoms with Crippen LogP contribution in [0.2, 0.25) is 0 Å². The predicted molar refractivity (Wildman–Crippen MR) is 128 cm³/mol. The van der Waals surface area contributed by atoms with Crippen molar-refractivity contribution in [2.24, 2.45) is 0 Å². The van der Waals surface area contributed by atoms with Gasteiger partial charge in [-0.1, -0.05) is 36.8 Å². The van der Waals surface area contributed by atoms with Gasteiger partial charge in [0.25, 0.3) is 0 Å². The molecule has 160 valence electrons. The van der Waals surface area contributed by atoms with E-state index in [1.807, 2.05) is 24.3 Å². The highest BCUT2D eigenvalue weighted by Gasteiger charge is 2.04. The number of hydrogen-bond acceptors (Lipinski definition) is 4. The van der Waals surface area contributed by atoms with Gasteiger partial charge in [-0.15, -0.1) is 0 Å². The molecule has 0 fully saturated rings. The van der Waals surface area contributed by atoms with Crippen molar-refractivity contribution < 1.29 is 19.1 Å². The van der Waals surface area contributed by atoms with Gasteiger partial charge in [0.1, 0.15) is 11.5 Å². The molecule has 0 aliphatic carbocycles. The summed E-state index contributed by atoms with van der Waals surface area (Å²) in [6.45, 7) is 8.52. The van der Waals surface area contributed by atoms with Gasteiger partial charge in [-0.3, -0.25) is 0 Å². The Morgan fingerprint density at radius 1 is 0.667 bits per heavy atom. The summed E-state index contributed by atoms with van der Waals surface area (Å²) in [5, 5.41) is 0. The van der Waals surface area contributed by atoms with Crippen molar-refractivity contribution in [2.75, 3.05) is 0 Å². The first kappa shape index (κ1) is 22.9. The van der Waals surface area contributed by atoms with E-state index in [9.17, 15) is 9.59 Å². The van der Waals surface area contributed by atoms with Crippen LogP contribution in [0.3, 0.4) is 0 Å². The van der Waals surface area contributed by atoms with Crippen molar-refractivity contribution in [2.45, 2.75) is 6.92 Å². The Morgan fingerprint density at radius 2 is 1.00 bits per heavy atom. The lowest BCUT2D eigenvalue weighted by molar-refractivity contribution is -0.130. The van der Waals surface area contributed by atoms with E-state index in [0.29, 0.717) is 17.1 Å². The zero-order valence-corrected chi connectivity index (χ0v) is 18.1. The first-order valence-corrected chi connectivity index (χ1v) is 9.99. The summed E-state index contributed by atoms with van der Waals surface area (Å²) in [6, 6.07) is 21.5. The molecule has 4 heteroatoms. The van der Waals surface area contributed by atoms with Gasteiger partial charge in [-0.25, -0.2) is 9.59 Å². The average Bonchev–Trinajstić information content (AvgIpc) is 2.83. The predicted octanol–water partition coefficient (Wildman–Crippen LogP) is 5.06. The van der Waals surface area contributed by atoms with Gasteiger partial charge in [0, 0.05) is 33.9 Å². The molecular formula is C29H20O4. The molecule has 3 rings (SSSR count). The summed E-state index contributed by atoms with van der Waals surface area (Å²) in [5.41, 5.74) is 3.65. The summed E-state index contributed by atoms with van der Waals surface area (Å²) in [6.07, 6.45) is 1.11. The Bertz CT molecular complexity index is 1310. The maximum Gasteiger partial charge on any atom is 0.338 e. The number of carbonyl (C=O) groups excluding carboxylic acids is 2. The van der Waals surface area contributed by atoms with Crippen LogP contribution in [0.5, 0.6) is 11.5 Å². The number of hydrogen-bond donors (Lipinski definition) is 0. The van der Waals surface area contributed by atoms with Crippen LogP contribution in [0.25, 0.3) is 0 Å². The minimum atomic E-state index is -0.502. The summed E-state index contributed by atoms with van der Waals surface area (Å²) in [5.74, 6) is 12.3. The molecule has 0 saturated carbocycles. The molecule has 0 bridgehead atoms. The van der Waals surface area contributed by atoms with Crippen molar-refractivity contribution in [1.29, 1.82) is 0 Å². The van der Waals surface area contributed by atoms with Crippen LogP contribution in [0, 0.1) is 23.7 Å². The van der Waals surface area contributed by atoms with Crippen molar-refractivity contribution in [3.05, 3.63) is 120 Å². The summed E-state index contributed by atoms with van der Waals surface area (Å²) in [4.78, 5) is 22.7. The molecule has 0 aromatic heterocycles. The van der Waals surface area contributed by atoms with E-state index in [-0.39, 0.29) is 0 Å². The largest absolute Gasteiger partial charge is 0.423 e. The van der Waals surface area contributed by atoms with Crippen LogP contribution in [0.4, 0.5) is 0 Å². The normalized spacial score (nSPS) is 9.36. The minimum Gasteiger partial charge on any atom is -0.423 e. The molecule has 33 heavy (non-hydrogen) atoms. The molecule has 0 unspecified atom stereocenters. The van der Waals surface area contributed by atoms with Crippen LogP contribution in [0.15, 0.2) is 97.6 Å². The fourth-order valence-corrected chi connectivity index (χ4v) is 2.49. The monoisotopic (exact) mass is 432 g/mol. The van der Waals surface area contributed by atoms with Gasteiger partial charge in [0.05, 0.1) is 0 Å². The molecule has 0 atom stereocenters. The van der Waals surface area contributed by atoms with Gasteiger partial charge in [-0.2, -0.15) is 0 Å². The molecule has 0 amide bonds. The fraction of sp³-hybridized carbons (Fsp3) is 0.0345. The zero-order valence-electron chi connectivity index (χ0n) is 18.1. The highest BCUT2D eigenvalue weighted by atomic mass is 16.5. The Morgan fingerprint density at radius 3 is 1.33 bits per heavy atom. The second kappa shape index (κ2) is 11.0. The molecule has 0 saturated heterocycles. The van der Waals surface area contributed by atoms with Crippen molar-refractivity contribution in [1.82, 2.24) is 0 Å². The first-order valence-electron chi connectivity index (χ1n) is 9.99. The number of carbonyl (C=O) groups is 2. The summed E-state index contributed by atoms with van der Waals surface area (Å²) < 4.78 is 10.2. The lowest BCUT2D eigenvalue weighted by atomic mass is 10.1. The molecule has 0 aliphatic heterocycles. The molecule has 0 heterocycles. The molecule has 0 aliphatic rings. The third-order valence-electron chi connectivity index (χ3n) is 4.24. The third kappa shape index (κ3) is 7.14. The Labute approximate surface area is 193 Å². The standard InChI is InChI=1S/C29H20O4/c1-4-28(30)32-26-17-13-24(14-18-26)11-9-22-5-7-23(8-6-22)10-12-25-15-19-27(20-16-25)33-29(31)21(2)3/h4-8,13-20H,1-2H2,3H3. The Kier molecular flexibility index (Phi) is 7.62. The number of esters is 2. The summed E-state index contributed by atoms with van der Waals surface area (Å²) >= 11 is 0. The molecule has 0 N–H and O–H groups in total. The van der Waals surface area contributed by atoms with E-state index >= 15 is 0 Å². The van der Waals surface area contributed by atoms with Gasteiger partial charge in [0.2, 0.25) is 0 Å². The maximum absolute atomic E-state index is 11.5. The van der Waals surface area contributed by atoms with Gasteiger partial charge in [0.15, 0.2) is 0 Å². The lowest BCUT2D eigenvalue weighted by Crippen LogP contribution is -2.07. The minimum absolute atomic E-state index is 0.344. The van der Waals surface area contributed by atoms with Crippen LogP contribution < -0.4 is 9.47 Å². The van der Waals surface area contributed by atoms with Crippen molar-refractivity contribution >= 4 is 11.9 Å². The molecule has 3 aromatic carbocycles. The number of benzene rings is 3. The van der Waals surface area contributed by atoms with Crippen molar-refractivity contribution in [3.63, 3.8) is 0 Å². The Balaban J connectivity index is 1.61. The quantitative estimate of drug-likeness (QED) is 0.250. The first-order chi connectivity index (χ1) is 15.9. The van der Waals surface area contributed by atoms with Gasteiger partial charge < -0.3 is 9.47 Å². The molecular weight excluding hydrogens is 412 g/mol. The molecule has 0 radical (unpaired) electrons. The third-order valence-corrected chi connectivity index (χ3v) is 4.24. The van der Waals surface area contributed by atoms with E-state index in [0.717, 1.165) is 28.3 Å². The maximum atomic E-state index is 11.5. The molecule has 0 spiro atoms.